The van der Waals surface area contributed by atoms with Crippen LogP contribution in [0.5, 0.6) is 5.75 Å². The van der Waals surface area contributed by atoms with Gasteiger partial charge in [-0.25, -0.2) is 4.98 Å². The van der Waals surface area contributed by atoms with Crippen LogP contribution in [0, 0.1) is 0 Å². The summed E-state index contributed by atoms with van der Waals surface area (Å²) >= 11 is 0. The molecule has 0 saturated heterocycles. The third-order valence-electron chi connectivity index (χ3n) is 6.30. The maximum Gasteiger partial charge on any atom is 0.416 e. The number of aromatic nitrogens is 5. The summed E-state index contributed by atoms with van der Waals surface area (Å²) in [6, 6.07) is 18.9. The van der Waals surface area contributed by atoms with Crippen LogP contribution < -0.4 is 15.6 Å². The van der Waals surface area contributed by atoms with Crippen molar-refractivity contribution in [3.05, 3.63) is 101 Å². The molecule has 3 aromatic heterocycles. The van der Waals surface area contributed by atoms with Gasteiger partial charge in [0, 0.05) is 11.9 Å². The summed E-state index contributed by atoms with van der Waals surface area (Å²) in [4.78, 5) is 22.7. The van der Waals surface area contributed by atoms with Gasteiger partial charge in [-0.2, -0.15) is 23.3 Å². The van der Waals surface area contributed by atoms with Crippen LogP contribution in [0.25, 0.3) is 38.8 Å². The summed E-state index contributed by atoms with van der Waals surface area (Å²) in [7, 11) is 1.58. The number of hydrogen-bond acceptors (Lipinski definition) is 6. The van der Waals surface area contributed by atoms with Crippen LogP contribution in [0.4, 0.5) is 24.8 Å². The topological polar surface area (TPSA) is 97.7 Å². The van der Waals surface area contributed by atoms with E-state index in [1.165, 1.54) is 16.8 Å². The highest BCUT2D eigenvalue weighted by molar-refractivity contribution is 6.02. The average Bonchev–Trinajstić information content (AvgIpc) is 3.44. The van der Waals surface area contributed by atoms with Gasteiger partial charge >= 0.3 is 6.18 Å². The standard InChI is InChI=1S/C28H19F3N6O2/c1-39-21-10-8-19(9-11-21)34-27-32-14-22-24-23(15-33-36-24)26(38)37(25(22)35-27)20-7-3-5-17(13-20)16-4-2-6-18(12-16)28(29,30)31/h2-15H,1H3,(H,33,36)(H,32,34,35). The van der Waals surface area contributed by atoms with Crippen molar-refractivity contribution >= 4 is 33.6 Å². The number of pyridine rings is 1. The third kappa shape index (κ3) is 4.43. The lowest BCUT2D eigenvalue weighted by molar-refractivity contribution is -0.137. The molecule has 3 aromatic carbocycles. The van der Waals surface area contributed by atoms with Crippen LogP contribution in [0.1, 0.15) is 5.56 Å². The molecule has 0 spiro atoms. The molecule has 0 atom stereocenters. The Labute approximate surface area is 218 Å². The predicted octanol–water partition coefficient (Wildman–Crippen LogP) is 6.10. The van der Waals surface area contributed by atoms with Crippen molar-refractivity contribution in [1.29, 1.82) is 0 Å². The molecular formula is C28H19F3N6O2. The molecule has 6 rings (SSSR count). The lowest BCUT2D eigenvalue weighted by Gasteiger charge is -2.14. The summed E-state index contributed by atoms with van der Waals surface area (Å²) in [5, 5.41) is 10.9. The zero-order valence-electron chi connectivity index (χ0n) is 20.3. The van der Waals surface area contributed by atoms with Crippen molar-refractivity contribution in [2.75, 3.05) is 12.4 Å². The Morgan fingerprint density at radius 2 is 1.67 bits per heavy atom. The van der Waals surface area contributed by atoms with Crippen molar-refractivity contribution < 1.29 is 17.9 Å². The van der Waals surface area contributed by atoms with Gasteiger partial charge in [-0.05, 0) is 59.7 Å². The molecule has 2 N–H and O–H groups in total. The van der Waals surface area contributed by atoms with Crippen LogP contribution in [0.3, 0.4) is 0 Å². The number of methoxy groups -OCH3 is 1. The van der Waals surface area contributed by atoms with Crippen LogP contribution in [-0.2, 0) is 6.18 Å². The van der Waals surface area contributed by atoms with Crippen molar-refractivity contribution in [2.24, 2.45) is 0 Å². The van der Waals surface area contributed by atoms with Crippen molar-refractivity contribution in [3.8, 4) is 22.6 Å². The quantitative estimate of drug-likeness (QED) is 0.281. The fourth-order valence-corrected chi connectivity index (χ4v) is 4.39. The van der Waals surface area contributed by atoms with E-state index in [9.17, 15) is 18.0 Å². The predicted molar refractivity (Wildman–Crippen MR) is 142 cm³/mol. The van der Waals surface area contributed by atoms with Crippen molar-refractivity contribution in [3.63, 3.8) is 0 Å². The Balaban J connectivity index is 1.51. The summed E-state index contributed by atoms with van der Waals surface area (Å²) in [5.41, 5.74) is 1.65. The number of alkyl halides is 3. The number of rotatable bonds is 5. The molecule has 39 heavy (non-hydrogen) atoms. The van der Waals surface area contributed by atoms with E-state index < -0.39 is 11.7 Å². The largest absolute Gasteiger partial charge is 0.497 e. The van der Waals surface area contributed by atoms with E-state index in [-0.39, 0.29) is 11.5 Å². The van der Waals surface area contributed by atoms with Crippen molar-refractivity contribution in [1.82, 2.24) is 24.7 Å². The Bertz CT molecular complexity index is 1900. The minimum absolute atomic E-state index is 0.244. The summed E-state index contributed by atoms with van der Waals surface area (Å²) in [5.74, 6) is 0.935. The highest BCUT2D eigenvalue weighted by atomic mass is 19.4. The smallest absolute Gasteiger partial charge is 0.416 e. The van der Waals surface area contributed by atoms with E-state index in [1.807, 2.05) is 0 Å². The maximum absolute atomic E-state index is 13.6. The molecule has 0 bridgehead atoms. The molecular weight excluding hydrogens is 509 g/mol. The highest BCUT2D eigenvalue weighted by Crippen LogP contribution is 2.33. The first-order valence-electron chi connectivity index (χ1n) is 11.8. The molecule has 11 heteroatoms. The molecule has 0 aliphatic rings. The zero-order chi connectivity index (χ0) is 27.1. The van der Waals surface area contributed by atoms with Gasteiger partial charge in [-0.3, -0.25) is 14.5 Å². The number of H-pyrrole nitrogens is 1. The Morgan fingerprint density at radius 1 is 0.923 bits per heavy atom. The molecule has 0 aliphatic carbocycles. The molecule has 8 nitrogen and oxygen atoms in total. The first-order chi connectivity index (χ1) is 18.8. The number of halogens is 3. The SMILES string of the molecule is COc1ccc(Nc2ncc3c4[nH]ncc4c(=O)n(-c4cccc(-c5cccc(C(F)(F)F)c5)c4)c3n2)cc1. The zero-order valence-corrected chi connectivity index (χ0v) is 20.3. The summed E-state index contributed by atoms with van der Waals surface area (Å²) in [6.07, 6.45) is -1.47. The Morgan fingerprint density at radius 3 is 2.41 bits per heavy atom. The number of aromatic amines is 1. The Kier molecular flexibility index (Phi) is 5.75. The van der Waals surface area contributed by atoms with Gasteiger partial charge in [0.1, 0.15) is 5.75 Å². The van der Waals surface area contributed by atoms with Gasteiger partial charge < -0.3 is 10.1 Å². The molecule has 0 radical (unpaired) electrons. The van der Waals surface area contributed by atoms with E-state index in [1.54, 1.807) is 67.9 Å². The molecule has 0 amide bonds. The van der Waals surface area contributed by atoms with Crippen LogP contribution in [-0.4, -0.2) is 31.8 Å². The number of nitrogens with one attached hydrogen (secondary N) is 2. The molecule has 6 aromatic rings. The second-order valence-corrected chi connectivity index (χ2v) is 8.71. The van der Waals surface area contributed by atoms with Gasteiger partial charge in [0.25, 0.3) is 5.56 Å². The molecule has 3 heterocycles. The van der Waals surface area contributed by atoms with Crippen LogP contribution in [0.2, 0.25) is 0 Å². The van der Waals surface area contributed by atoms with E-state index in [4.69, 9.17) is 4.74 Å². The van der Waals surface area contributed by atoms with Gasteiger partial charge in [0.05, 0.1) is 40.8 Å². The summed E-state index contributed by atoms with van der Waals surface area (Å²) in [6.45, 7) is 0. The second kappa shape index (κ2) is 9.28. The lowest BCUT2D eigenvalue weighted by Crippen LogP contribution is -2.20. The summed E-state index contributed by atoms with van der Waals surface area (Å²) < 4.78 is 46.6. The Hall–Kier alpha value is -5.19. The lowest BCUT2D eigenvalue weighted by atomic mass is 10.0. The monoisotopic (exact) mass is 528 g/mol. The number of fused-ring (bicyclic) bond motifs is 3. The second-order valence-electron chi connectivity index (χ2n) is 8.71. The average molecular weight is 528 g/mol. The number of anilines is 2. The normalized spacial score (nSPS) is 11.7. The van der Waals surface area contributed by atoms with E-state index in [2.05, 4.69) is 25.5 Å². The highest BCUT2D eigenvalue weighted by Gasteiger charge is 2.30. The van der Waals surface area contributed by atoms with Crippen LogP contribution >= 0.6 is 0 Å². The maximum atomic E-state index is 13.6. The molecule has 0 fully saturated rings. The molecule has 0 saturated carbocycles. The molecule has 0 aliphatic heterocycles. The van der Waals surface area contributed by atoms with E-state index in [0.29, 0.717) is 50.2 Å². The first kappa shape index (κ1) is 24.2. The number of nitrogens with zero attached hydrogens (tertiary/aromatic N) is 4. The van der Waals surface area contributed by atoms with Gasteiger partial charge in [0.2, 0.25) is 5.95 Å². The van der Waals surface area contributed by atoms with Gasteiger partial charge in [0.15, 0.2) is 5.65 Å². The van der Waals surface area contributed by atoms with Gasteiger partial charge in [-0.1, -0.05) is 24.3 Å². The van der Waals surface area contributed by atoms with E-state index >= 15 is 0 Å². The third-order valence-corrected chi connectivity index (χ3v) is 6.30. The fourth-order valence-electron chi connectivity index (χ4n) is 4.39. The fraction of sp³-hybridized carbons (Fsp3) is 0.0714. The minimum Gasteiger partial charge on any atom is -0.497 e. The number of hydrogen-bond donors (Lipinski definition) is 2. The van der Waals surface area contributed by atoms with E-state index in [0.717, 1.165) is 12.1 Å². The first-order valence-corrected chi connectivity index (χ1v) is 11.8. The molecule has 0 unspecified atom stereocenters. The van der Waals surface area contributed by atoms with Gasteiger partial charge in [-0.15, -0.1) is 0 Å². The number of ether oxygens (including phenoxy) is 1. The minimum atomic E-state index is -4.47. The van der Waals surface area contributed by atoms with Crippen LogP contribution in [0.15, 0.2) is 90.0 Å². The molecule has 194 valence electrons. The number of benzene rings is 3. The van der Waals surface area contributed by atoms with Crippen molar-refractivity contribution in [2.45, 2.75) is 6.18 Å².